The summed E-state index contributed by atoms with van der Waals surface area (Å²) in [5.41, 5.74) is 0.362. The Hall–Kier alpha value is -1.86. The van der Waals surface area contributed by atoms with E-state index < -0.39 is 15.6 Å². The van der Waals surface area contributed by atoms with E-state index in [1.807, 2.05) is 0 Å². The Balaban J connectivity index is 2.22. The molecular formula is C18H15Cl2NO4S. The number of carbonyl (C=O) groups excluding carboxylic acids is 1. The molecule has 136 valence electrons. The Labute approximate surface area is 161 Å². The highest BCUT2D eigenvalue weighted by Crippen LogP contribution is 2.42. The Morgan fingerprint density at radius 2 is 1.73 bits per heavy atom. The molecule has 0 atom stereocenters. The van der Waals surface area contributed by atoms with Gasteiger partial charge in [0, 0.05) is 10.6 Å². The van der Waals surface area contributed by atoms with Gasteiger partial charge in [-0.1, -0.05) is 35.3 Å². The van der Waals surface area contributed by atoms with Crippen LogP contribution in [0.25, 0.3) is 11.3 Å². The van der Waals surface area contributed by atoms with Crippen molar-refractivity contribution in [2.45, 2.75) is 24.3 Å². The highest BCUT2D eigenvalue weighted by atomic mass is 35.5. The van der Waals surface area contributed by atoms with E-state index in [2.05, 4.69) is 0 Å². The lowest BCUT2D eigenvalue weighted by atomic mass is 9.93. The van der Waals surface area contributed by atoms with E-state index in [1.54, 1.807) is 38.1 Å². The van der Waals surface area contributed by atoms with Gasteiger partial charge in [-0.05, 0) is 49.7 Å². The summed E-state index contributed by atoms with van der Waals surface area (Å²) in [5, 5.41) is 5.57. The molecule has 26 heavy (non-hydrogen) atoms. The van der Waals surface area contributed by atoms with Crippen molar-refractivity contribution in [2.75, 3.05) is 0 Å². The number of benzene rings is 2. The molecule has 0 aromatic heterocycles. The van der Waals surface area contributed by atoms with Gasteiger partial charge >= 0.3 is 0 Å². The molecule has 2 aromatic carbocycles. The summed E-state index contributed by atoms with van der Waals surface area (Å²) in [4.78, 5) is 12.7. The minimum Gasteiger partial charge on any atom is -0.478 e. The molecule has 8 heteroatoms. The smallest absolute Gasteiger partial charge is 0.239 e. The van der Waals surface area contributed by atoms with Gasteiger partial charge in [-0.3, -0.25) is 4.79 Å². The average Bonchev–Trinajstić information content (AvgIpc) is 2.76. The second-order valence-electron chi connectivity index (χ2n) is 6.35. The van der Waals surface area contributed by atoms with Crippen LogP contribution in [0.5, 0.6) is 0 Å². The third-order valence-electron chi connectivity index (χ3n) is 3.97. The topological polar surface area (TPSA) is 86.5 Å². The van der Waals surface area contributed by atoms with E-state index in [9.17, 15) is 13.2 Å². The predicted octanol–water partition coefficient (Wildman–Crippen LogP) is 3.89. The summed E-state index contributed by atoms with van der Waals surface area (Å²) >= 11 is 12.1. The first-order valence-electron chi connectivity index (χ1n) is 7.57. The molecule has 0 unspecified atom stereocenters. The van der Waals surface area contributed by atoms with Crippen LogP contribution < -0.4 is 5.14 Å². The van der Waals surface area contributed by atoms with Crippen molar-refractivity contribution >= 4 is 50.3 Å². The third-order valence-corrected chi connectivity index (χ3v) is 5.60. The Morgan fingerprint density at radius 1 is 1.04 bits per heavy atom. The number of sulfonamides is 1. The predicted molar refractivity (Wildman–Crippen MR) is 101 cm³/mol. The molecule has 1 aliphatic rings. The van der Waals surface area contributed by atoms with E-state index in [4.69, 9.17) is 33.1 Å². The molecule has 0 saturated carbocycles. The minimum absolute atomic E-state index is 0.0521. The van der Waals surface area contributed by atoms with Crippen LogP contribution in [0.1, 0.15) is 25.0 Å². The minimum atomic E-state index is -3.95. The number of rotatable bonds is 3. The van der Waals surface area contributed by atoms with Crippen LogP contribution in [0.3, 0.4) is 0 Å². The molecule has 2 aromatic rings. The first-order valence-corrected chi connectivity index (χ1v) is 9.88. The van der Waals surface area contributed by atoms with Crippen LogP contribution in [-0.4, -0.2) is 19.8 Å². The highest BCUT2D eigenvalue weighted by Gasteiger charge is 2.43. The van der Waals surface area contributed by atoms with Crippen LogP contribution >= 0.6 is 23.2 Å². The number of hydrogen-bond donors (Lipinski definition) is 1. The second kappa shape index (κ2) is 6.39. The van der Waals surface area contributed by atoms with E-state index >= 15 is 0 Å². The lowest BCUT2D eigenvalue weighted by molar-refractivity contribution is -0.125. The molecule has 0 saturated heterocycles. The van der Waals surface area contributed by atoms with Gasteiger partial charge in [0.05, 0.1) is 10.6 Å². The SMILES string of the molecule is CC1(C)OC(c2ccc(S(N)(=O)=O)c(Cl)c2)=C(c2cccc(Cl)c2)C1=O. The standard InChI is InChI=1S/C18H15Cl2NO4S/c1-18(2)17(22)15(10-4-3-5-12(19)8-10)16(25-18)11-6-7-14(13(20)9-11)26(21,23)24/h3-9H,1-2H3,(H2,21,23,24). The van der Waals surface area contributed by atoms with E-state index in [0.29, 0.717) is 27.5 Å². The number of nitrogens with two attached hydrogens (primary N) is 1. The van der Waals surface area contributed by atoms with Crippen LogP contribution in [0, 0.1) is 0 Å². The van der Waals surface area contributed by atoms with Crippen molar-refractivity contribution in [3.63, 3.8) is 0 Å². The van der Waals surface area contributed by atoms with E-state index in [1.165, 1.54) is 18.2 Å². The fourth-order valence-electron chi connectivity index (χ4n) is 2.74. The van der Waals surface area contributed by atoms with Gasteiger partial charge in [0.1, 0.15) is 10.7 Å². The summed E-state index contributed by atoms with van der Waals surface area (Å²) in [6.07, 6.45) is 0. The quantitative estimate of drug-likeness (QED) is 0.829. The number of hydrogen-bond acceptors (Lipinski definition) is 4. The van der Waals surface area contributed by atoms with E-state index in [-0.39, 0.29) is 15.7 Å². The van der Waals surface area contributed by atoms with Gasteiger partial charge < -0.3 is 4.74 Å². The second-order valence-corrected chi connectivity index (χ2v) is 8.72. The molecule has 3 rings (SSSR count). The van der Waals surface area contributed by atoms with Gasteiger partial charge in [-0.2, -0.15) is 0 Å². The highest BCUT2D eigenvalue weighted by molar-refractivity contribution is 7.89. The number of halogens is 2. The van der Waals surface area contributed by atoms with Crippen LogP contribution in [0.2, 0.25) is 10.0 Å². The number of primary sulfonamides is 1. The maximum atomic E-state index is 12.9. The number of carbonyl (C=O) groups is 1. The summed E-state index contributed by atoms with van der Waals surface area (Å²) in [6, 6.07) is 11.1. The first-order chi connectivity index (χ1) is 12.0. The maximum absolute atomic E-state index is 12.9. The Morgan fingerprint density at radius 3 is 2.31 bits per heavy atom. The summed E-state index contributed by atoms with van der Waals surface area (Å²) < 4.78 is 29.0. The molecule has 0 aliphatic carbocycles. The molecule has 0 bridgehead atoms. The zero-order valence-corrected chi connectivity index (χ0v) is 16.2. The summed E-state index contributed by atoms with van der Waals surface area (Å²) in [7, 11) is -3.95. The van der Waals surface area contributed by atoms with Gasteiger partial charge in [0.2, 0.25) is 15.8 Å². The molecule has 1 aliphatic heterocycles. The molecule has 2 N–H and O–H groups in total. The van der Waals surface area contributed by atoms with Crippen LogP contribution in [0.15, 0.2) is 47.4 Å². The van der Waals surface area contributed by atoms with Crippen LogP contribution in [0.4, 0.5) is 0 Å². The Bertz CT molecular complexity index is 1060. The zero-order chi connectivity index (χ0) is 19.3. The lowest BCUT2D eigenvalue weighted by Crippen LogP contribution is -2.29. The number of ether oxygens (including phenoxy) is 1. The molecule has 5 nitrogen and oxygen atoms in total. The van der Waals surface area contributed by atoms with Crippen molar-refractivity contribution in [1.82, 2.24) is 0 Å². The maximum Gasteiger partial charge on any atom is 0.239 e. The monoisotopic (exact) mass is 411 g/mol. The lowest BCUT2D eigenvalue weighted by Gasteiger charge is -2.18. The van der Waals surface area contributed by atoms with Gasteiger partial charge in [0.15, 0.2) is 5.60 Å². The van der Waals surface area contributed by atoms with Crippen molar-refractivity contribution in [1.29, 1.82) is 0 Å². The summed E-state index contributed by atoms with van der Waals surface area (Å²) in [6.45, 7) is 3.32. The molecule has 0 fully saturated rings. The average molecular weight is 412 g/mol. The molecule has 0 amide bonds. The van der Waals surface area contributed by atoms with Gasteiger partial charge in [-0.25, -0.2) is 13.6 Å². The van der Waals surface area contributed by atoms with Gasteiger partial charge in [0.25, 0.3) is 0 Å². The molecule has 0 spiro atoms. The number of Topliss-reactive ketones (excluding diaryl/α,β-unsaturated/α-hetero) is 1. The van der Waals surface area contributed by atoms with E-state index in [0.717, 1.165) is 0 Å². The summed E-state index contributed by atoms with van der Waals surface area (Å²) in [5.74, 6) is 0.103. The Kier molecular flexibility index (Phi) is 4.65. The third kappa shape index (κ3) is 3.38. The van der Waals surface area contributed by atoms with Crippen molar-refractivity contribution < 1.29 is 17.9 Å². The van der Waals surface area contributed by atoms with Crippen molar-refractivity contribution in [3.8, 4) is 0 Å². The number of ketones is 1. The zero-order valence-electron chi connectivity index (χ0n) is 13.9. The fourth-order valence-corrected chi connectivity index (χ4v) is 4.02. The first kappa shape index (κ1) is 18.9. The molecular weight excluding hydrogens is 397 g/mol. The van der Waals surface area contributed by atoms with Crippen LogP contribution in [-0.2, 0) is 19.6 Å². The normalized spacial score (nSPS) is 16.7. The molecule has 0 radical (unpaired) electrons. The largest absolute Gasteiger partial charge is 0.478 e. The fraction of sp³-hybridized carbons (Fsp3) is 0.167. The molecule has 1 heterocycles. The van der Waals surface area contributed by atoms with Crippen molar-refractivity contribution in [3.05, 3.63) is 63.6 Å². The van der Waals surface area contributed by atoms with Crippen molar-refractivity contribution in [2.24, 2.45) is 5.14 Å². The van der Waals surface area contributed by atoms with Gasteiger partial charge in [-0.15, -0.1) is 0 Å².